The summed E-state index contributed by atoms with van der Waals surface area (Å²) in [4.78, 5) is 40.8. The molecular weight excluding hydrogens is 342 g/mol. The monoisotopic (exact) mass is 365 g/mol. The van der Waals surface area contributed by atoms with Gasteiger partial charge in [-0.25, -0.2) is 4.79 Å². The number of ether oxygens (including phenoxy) is 1. The second-order valence-corrected chi connectivity index (χ2v) is 6.61. The third-order valence-corrected chi connectivity index (χ3v) is 3.98. The van der Waals surface area contributed by atoms with Gasteiger partial charge in [0.25, 0.3) is 0 Å². The standard InChI is InChI=1S/C19H24ClNO4/c1-6-25-19(24)13-8-7-9-15(16(13)20)21-10-14(17(22)11(2)3)18(23)12(4)5/h7-12,14H,6H2,1-5H3. The highest BCUT2D eigenvalue weighted by Crippen LogP contribution is 2.29. The lowest BCUT2D eigenvalue weighted by Crippen LogP contribution is -2.31. The fourth-order valence-electron chi connectivity index (χ4n) is 2.15. The molecule has 0 N–H and O–H groups in total. The van der Waals surface area contributed by atoms with Crippen molar-refractivity contribution in [3.63, 3.8) is 0 Å². The molecule has 1 aromatic carbocycles. The highest BCUT2D eigenvalue weighted by Gasteiger charge is 2.28. The summed E-state index contributed by atoms with van der Waals surface area (Å²) in [5.41, 5.74) is 0.505. The van der Waals surface area contributed by atoms with Crippen molar-refractivity contribution in [3.8, 4) is 0 Å². The zero-order valence-corrected chi connectivity index (χ0v) is 16.0. The van der Waals surface area contributed by atoms with Crippen LogP contribution in [0, 0.1) is 17.8 Å². The van der Waals surface area contributed by atoms with E-state index in [1.54, 1.807) is 46.8 Å². The lowest BCUT2D eigenvalue weighted by atomic mass is 9.87. The van der Waals surface area contributed by atoms with Crippen molar-refractivity contribution in [1.29, 1.82) is 0 Å². The van der Waals surface area contributed by atoms with Gasteiger partial charge in [-0.1, -0.05) is 45.4 Å². The number of halogens is 1. The number of benzene rings is 1. The molecule has 136 valence electrons. The molecule has 0 aliphatic rings. The molecule has 0 aliphatic carbocycles. The van der Waals surface area contributed by atoms with Gasteiger partial charge < -0.3 is 4.74 Å². The van der Waals surface area contributed by atoms with Crippen molar-refractivity contribution >= 4 is 41.0 Å². The van der Waals surface area contributed by atoms with Crippen LogP contribution in [0.1, 0.15) is 45.0 Å². The zero-order chi connectivity index (χ0) is 19.1. The fourth-order valence-corrected chi connectivity index (χ4v) is 2.40. The maximum absolute atomic E-state index is 12.3. The molecule has 0 spiro atoms. The minimum absolute atomic E-state index is 0.130. The van der Waals surface area contributed by atoms with Crippen LogP contribution in [-0.2, 0) is 14.3 Å². The molecule has 0 heterocycles. The Kier molecular flexibility index (Phi) is 7.97. The lowest BCUT2D eigenvalue weighted by molar-refractivity contribution is -0.133. The van der Waals surface area contributed by atoms with Crippen molar-refractivity contribution in [2.75, 3.05) is 6.61 Å². The molecule has 0 aromatic heterocycles. The highest BCUT2D eigenvalue weighted by molar-refractivity contribution is 6.36. The summed E-state index contributed by atoms with van der Waals surface area (Å²) in [6.45, 7) is 8.90. The Balaban J connectivity index is 3.20. The third kappa shape index (κ3) is 5.49. The first-order chi connectivity index (χ1) is 11.7. The van der Waals surface area contributed by atoms with Gasteiger partial charge in [0.05, 0.1) is 22.9 Å². The van der Waals surface area contributed by atoms with Crippen molar-refractivity contribution in [2.45, 2.75) is 34.6 Å². The molecule has 0 fully saturated rings. The Labute approximate surface area is 153 Å². The second kappa shape index (κ2) is 9.47. The van der Waals surface area contributed by atoms with Gasteiger partial charge in [-0.05, 0) is 19.1 Å². The molecule has 0 atom stereocenters. The van der Waals surface area contributed by atoms with Crippen molar-refractivity contribution < 1.29 is 19.1 Å². The van der Waals surface area contributed by atoms with Crippen LogP contribution in [-0.4, -0.2) is 30.4 Å². The van der Waals surface area contributed by atoms with E-state index < -0.39 is 11.9 Å². The number of carbonyl (C=O) groups excluding carboxylic acids is 3. The smallest absolute Gasteiger partial charge is 0.339 e. The van der Waals surface area contributed by atoms with Crippen molar-refractivity contribution in [2.24, 2.45) is 22.7 Å². The lowest BCUT2D eigenvalue weighted by Gasteiger charge is -2.15. The molecule has 1 rings (SSSR count). The van der Waals surface area contributed by atoms with Gasteiger partial charge >= 0.3 is 5.97 Å². The van der Waals surface area contributed by atoms with Gasteiger partial charge in [-0.15, -0.1) is 0 Å². The molecule has 5 nitrogen and oxygen atoms in total. The quantitative estimate of drug-likeness (QED) is 0.391. The minimum Gasteiger partial charge on any atom is -0.462 e. The third-order valence-electron chi connectivity index (χ3n) is 3.59. The number of rotatable bonds is 8. The maximum atomic E-state index is 12.3. The first kappa shape index (κ1) is 21.0. The summed E-state index contributed by atoms with van der Waals surface area (Å²) in [5, 5.41) is 0.130. The number of esters is 1. The number of hydrogen-bond acceptors (Lipinski definition) is 5. The number of hydrogen-bond donors (Lipinski definition) is 0. The van der Waals surface area contributed by atoms with Gasteiger partial charge in [0.1, 0.15) is 5.92 Å². The molecule has 0 aliphatic heterocycles. The molecule has 0 radical (unpaired) electrons. The summed E-state index contributed by atoms with van der Waals surface area (Å²) in [6.07, 6.45) is 1.32. The van der Waals surface area contributed by atoms with E-state index in [2.05, 4.69) is 4.99 Å². The van der Waals surface area contributed by atoms with E-state index in [1.807, 2.05) is 0 Å². The number of nitrogens with zero attached hydrogens (tertiary/aromatic N) is 1. The van der Waals surface area contributed by atoms with E-state index in [-0.39, 0.29) is 40.6 Å². The summed E-state index contributed by atoms with van der Waals surface area (Å²) < 4.78 is 4.95. The van der Waals surface area contributed by atoms with E-state index in [9.17, 15) is 14.4 Å². The van der Waals surface area contributed by atoms with Crippen LogP contribution >= 0.6 is 11.6 Å². The molecule has 1 aromatic rings. The van der Waals surface area contributed by atoms with Gasteiger partial charge in [0.2, 0.25) is 0 Å². The maximum Gasteiger partial charge on any atom is 0.339 e. The Bertz CT molecular complexity index is 660. The normalized spacial score (nSPS) is 11.6. The van der Waals surface area contributed by atoms with Gasteiger partial charge in [0, 0.05) is 18.1 Å². The van der Waals surface area contributed by atoms with E-state index in [1.165, 1.54) is 12.3 Å². The van der Waals surface area contributed by atoms with Gasteiger partial charge in [-0.3, -0.25) is 14.6 Å². The van der Waals surface area contributed by atoms with E-state index in [4.69, 9.17) is 16.3 Å². The summed E-state index contributed by atoms with van der Waals surface area (Å²) >= 11 is 6.22. The average Bonchev–Trinajstić information content (AvgIpc) is 2.55. The highest BCUT2D eigenvalue weighted by atomic mass is 35.5. The van der Waals surface area contributed by atoms with Crippen LogP contribution in [0.4, 0.5) is 5.69 Å². The molecule has 0 bridgehead atoms. The van der Waals surface area contributed by atoms with Crippen LogP contribution in [0.3, 0.4) is 0 Å². The first-order valence-electron chi connectivity index (χ1n) is 8.27. The molecule has 0 amide bonds. The SMILES string of the molecule is CCOC(=O)c1cccc(N=CC(C(=O)C(C)C)C(=O)C(C)C)c1Cl. The molecule has 6 heteroatoms. The largest absolute Gasteiger partial charge is 0.462 e. The molecular formula is C19H24ClNO4. The van der Waals surface area contributed by atoms with E-state index in [0.717, 1.165) is 0 Å². The summed E-state index contributed by atoms with van der Waals surface area (Å²) in [5.74, 6) is -2.44. The Hall–Kier alpha value is -2.01. The van der Waals surface area contributed by atoms with Crippen molar-refractivity contribution in [1.82, 2.24) is 0 Å². The predicted octanol–water partition coefficient (Wildman–Crippen LogP) is 4.29. The van der Waals surface area contributed by atoms with Crippen LogP contribution in [0.5, 0.6) is 0 Å². The van der Waals surface area contributed by atoms with Crippen LogP contribution in [0.25, 0.3) is 0 Å². The zero-order valence-electron chi connectivity index (χ0n) is 15.2. The fraction of sp³-hybridized carbons (Fsp3) is 0.474. The molecule has 0 unspecified atom stereocenters. The topological polar surface area (TPSA) is 72.8 Å². The number of aliphatic imine (C=N–C) groups is 1. The Morgan fingerprint density at radius 3 is 2.16 bits per heavy atom. The van der Waals surface area contributed by atoms with Crippen LogP contribution in [0.15, 0.2) is 23.2 Å². The Morgan fingerprint density at radius 1 is 1.12 bits per heavy atom. The second-order valence-electron chi connectivity index (χ2n) is 6.23. The van der Waals surface area contributed by atoms with Gasteiger partial charge in [0.15, 0.2) is 11.6 Å². The van der Waals surface area contributed by atoms with Gasteiger partial charge in [-0.2, -0.15) is 0 Å². The number of carbonyl (C=O) groups is 3. The molecule has 25 heavy (non-hydrogen) atoms. The predicted molar refractivity (Wildman–Crippen MR) is 98.7 cm³/mol. The van der Waals surface area contributed by atoms with E-state index >= 15 is 0 Å². The summed E-state index contributed by atoms with van der Waals surface area (Å²) in [6, 6.07) is 4.77. The molecule has 0 saturated heterocycles. The minimum atomic E-state index is -0.928. The first-order valence-corrected chi connectivity index (χ1v) is 8.65. The van der Waals surface area contributed by atoms with Crippen LogP contribution < -0.4 is 0 Å². The summed E-state index contributed by atoms with van der Waals surface area (Å²) in [7, 11) is 0. The van der Waals surface area contributed by atoms with E-state index in [0.29, 0.717) is 5.69 Å². The average molecular weight is 366 g/mol. The molecule has 0 saturated carbocycles. The van der Waals surface area contributed by atoms with Crippen LogP contribution in [0.2, 0.25) is 5.02 Å². The Morgan fingerprint density at radius 2 is 1.68 bits per heavy atom. The number of ketones is 2. The number of Topliss-reactive ketones (excluding diaryl/α,β-unsaturated/α-hetero) is 2. The van der Waals surface area contributed by atoms with Crippen molar-refractivity contribution in [3.05, 3.63) is 28.8 Å².